The van der Waals surface area contributed by atoms with E-state index in [0.717, 1.165) is 37.9 Å². The second-order valence-corrected chi connectivity index (χ2v) is 4.83. The van der Waals surface area contributed by atoms with Crippen molar-refractivity contribution < 1.29 is 4.39 Å². The molecule has 1 N–H and O–H groups in total. The van der Waals surface area contributed by atoms with Gasteiger partial charge >= 0.3 is 0 Å². The van der Waals surface area contributed by atoms with Crippen molar-refractivity contribution in [1.82, 2.24) is 5.32 Å². The number of benzene rings is 1. The molecule has 0 fully saturated rings. The monoisotopic (exact) mass is 257 g/mol. The molecular weight excluding hydrogens is 237 g/mol. The minimum Gasteiger partial charge on any atom is -0.316 e. The number of halogens is 2. The van der Waals surface area contributed by atoms with Crippen LogP contribution in [-0.4, -0.2) is 13.1 Å². The maximum absolute atomic E-state index is 13.1. The molecule has 0 saturated carbocycles. The highest BCUT2D eigenvalue weighted by Crippen LogP contribution is 2.21. The second kappa shape index (κ2) is 7.67. The van der Waals surface area contributed by atoms with Gasteiger partial charge in [-0.25, -0.2) is 4.39 Å². The standard InChI is InChI=1S/C14H21ClFN/c1-3-7-17-10-11(4-2)8-12-9-13(16)5-6-14(12)15/h5-6,9,11,17H,3-4,7-8,10H2,1-2H3. The lowest BCUT2D eigenvalue weighted by Crippen LogP contribution is -2.24. The van der Waals surface area contributed by atoms with Gasteiger partial charge in [0, 0.05) is 5.02 Å². The van der Waals surface area contributed by atoms with E-state index >= 15 is 0 Å². The molecule has 0 aromatic heterocycles. The molecule has 1 atom stereocenters. The second-order valence-electron chi connectivity index (χ2n) is 4.42. The summed E-state index contributed by atoms with van der Waals surface area (Å²) >= 11 is 6.07. The van der Waals surface area contributed by atoms with Crippen molar-refractivity contribution in [2.24, 2.45) is 5.92 Å². The first-order chi connectivity index (χ1) is 8.17. The third-order valence-corrected chi connectivity index (χ3v) is 3.32. The average Bonchev–Trinajstić information content (AvgIpc) is 2.32. The van der Waals surface area contributed by atoms with Gasteiger partial charge in [0.2, 0.25) is 0 Å². The Bertz CT molecular complexity index is 341. The Morgan fingerprint density at radius 2 is 2.12 bits per heavy atom. The van der Waals surface area contributed by atoms with E-state index in [1.165, 1.54) is 6.07 Å². The van der Waals surface area contributed by atoms with E-state index in [1.54, 1.807) is 12.1 Å². The van der Waals surface area contributed by atoms with Gasteiger partial charge in [0.15, 0.2) is 0 Å². The van der Waals surface area contributed by atoms with Crippen LogP contribution in [0.1, 0.15) is 32.3 Å². The zero-order valence-electron chi connectivity index (χ0n) is 10.6. The summed E-state index contributed by atoms with van der Waals surface area (Å²) in [7, 11) is 0. The van der Waals surface area contributed by atoms with Gasteiger partial charge in [0.05, 0.1) is 0 Å². The molecule has 1 aromatic rings. The summed E-state index contributed by atoms with van der Waals surface area (Å²) in [6, 6.07) is 4.59. The fourth-order valence-electron chi connectivity index (χ4n) is 1.85. The largest absolute Gasteiger partial charge is 0.316 e. The first kappa shape index (κ1) is 14.5. The molecule has 0 radical (unpaired) electrons. The predicted molar refractivity (Wildman–Crippen MR) is 72.1 cm³/mol. The highest BCUT2D eigenvalue weighted by atomic mass is 35.5. The minimum atomic E-state index is -0.208. The molecule has 0 saturated heterocycles. The van der Waals surface area contributed by atoms with E-state index < -0.39 is 0 Å². The first-order valence-corrected chi connectivity index (χ1v) is 6.69. The molecule has 96 valence electrons. The molecule has 1 rings (SSSR count). The van der Waals surface area contributed by atoms with Crippen LogP contribution in [0.15, 0.2) is 18.2 Å². The Kier molecular flexibility index (Phi) is 6.53. The minimum absolute atomic E-state index is 0.208. The average molecular weight is 258 g/mol. The lowest BCUT2D eigenvalue weighted by atomic mass is 9.96. The zero-order valence-corrected chi connectivity index (χ0v) is 11.4. The molecule has 1 nitrogen and oxygen atoms in total. The van der Waals surface area contributed by atoms with Crippen LogP contribution in [0.2, 0.25) is 5.02 Å². The summed E-state index contributed by atoms with van der Waals surface area (Å²) in [5, 5.41) is 4.07. The molecule has 0 amide bonds. The van der Waals surface area contributed by atoms with Crippen LogP contribution in [0.3, 0.4) is 0 Å². The molecule has 0 spiro atoms. The smallest absolute Gasteiger partial charge is 0.123 e. The van der Waals surface area contributed by atoms with Crippen molar-refractivity contribution in [3.05, 3.63) is 34.6 Å². The summed E-state index contributed by atoms with van der Waals surface area (Å²) in [6.45, 7) is 6.31. The number of hydrogen-bond acceptors (Lipinski definition) is 1. The normalized spacial score (nSPS) is 12.7. The lowest BCUT2D eigenvalue weighted by Gasteiger charge is -2.16. The summed E-state index contributed by atoms with van der Waals surface area (Å²) in [4.78, 5) is 0. The lowest BCUT2D eigenvalue weighted by molar-refractivity contribution is 0.459. The maximum atomic E-state index is 13.1. The number of rotatable bonds is 7. The van der Waals surface area contributed by atoms with Crippen molar-refractivity contribution in [2.45, 2.75) is 33.1 Å². The number of nitrogens with one attached hydrogen (secondary N) is 1. The molecule has 0 aliphatic rings. The van der Waals surface area contributed by atoms with Gasteiger partial charge in [-0.2, -0.15) is 0 Å². The highest BCUT2D eigenvalue weighted by Gasteiger charge is 2.10. The zero-order chi connectivity index (χ0) is 12.7. The molecule has 0 aliphatic carbocycles. The molecule has 0 heterocycles. The fourth-order valence-corrected chi connectivity index (χ4v) is 2.05. The Hall–Kier alpha value is -0.600. The Balaban J connectivity index is 2.57. The van der Waals surface area contributed by atoms with Crippen LogP contribution in [0, 0.1) is 11.7 Å². The van der Waals surface area contributed by atoms with Crippen molar-refractivity contribution in [3.8, 4) is 0 Å². The van der Waals surface area contributed by atoms with Gasteiger partial charge in [-0.15, -0.1) is 0 Å². The fraction of sp³-hybridized carbons (Fsp3) is 0.571. The molecule has 0 aliphatic heterocycles. The van der Waals surface area contributed by atoms with E-state index in [9.17, 15) is 4.39 Å². The topological polar surface area (TPSA) is 12.0 Å². The molecule has 3 heteroatoms. The molecular formula is C14H21ClFN. The van der Waals surface area contributed by atoms with Crippen molar-refractivity contribution in [3.63, 3.8) is 0 Å². The van der Waals surface area contributed by atoms with Gasteiger partial charge in [-0.1, -0.05) is 31.9 Å². The van der Waals surface area contributed by atoms with Crippen molar-refractivity contribution >= 4 is 11.6 Å². The SMILES string of the molecule is CCCNCC(CC)Cc1cc(F)ccc1Cl. The Morgan fingerprint density at radius 1 is 1.35 bits per heavy atom. The number of hydrogen-bond donors (Lipinski definition) is 1. The van der Waals surface area contributed by atoms with Crippen molar-refractivity contribution in [1.29, 1.82) is 0 Å². The van der Waals surface area contributed by atoms with Crippen LogP contribution in [0.5, 0.6) is 0 Å². The van der Waals surface area contributed by atoms with Crippen LogP contribution >= 0.6 is 11.6 Å². The third kappa shape index (κ3) is 5.05. The van der Waals surface area contributed by atoms with Gasteiger partial charge < -0.3 is 5.32 Å². The predicted octanol–water partition coefficient (Wildman–Crippen LogP) is 4.05. The summed E-state index contributed by atoms with van der Waals surface area (Å²) in [5.41, 5.74) is 0.914. The van der Waals surface area contributed by atoms with Gasteiger partial charge in [-0.3, -0.25) is 0 Å². The van der Waals surface area contributed by atoms with E-state index in [-0.39, 0.29) is 5.82 Å². The Labute approximate surface area is 108 Å². The van der Waals surface area contributed by atoms with Gasteiger partial charge in [0.1, 0.15) is 5.82 Å². The summed E-state index contributed by atoms with van der Waals surface area (Å²) in [6.07, 6.45) is 3.05. The summed E-state index contributed by atoms with van der Waals surface area (Å²) < 4.78 is 13.1. The molecule has 17 heavy (non-hydrogen) atoms. The van der Waals surface area contributed by atoms with E-state index in [0.29, 0.717) is 10.9 Å². The first-order valence-electron chi connectivity index (χ1n) is 6.32. The third-order valence-electron chi connectivity index (χ3n) is 2.95. The van der Waals surface area contributed by atoms with Gasteiger partial charge in [0.25, 0.3) is 0 Å². The van der Waals surface area contributed by atoms with Crippen LogP contribution in [0.4, 0.5) is 4.39 Å². The molecule has 1 unspecified atom stereocenters. The van der Waals surface area contributed by atoms with E-state index in [2.05, 4.69) is 19.2 Å². The summed E-state index contributed by atoms with van der Waals surface area (Å²) in [5.74, 6) is 0.307. The van der Waals surface area contributed by atoms with Crippen LogP contribution in [0.25, 0.3) is 0 Å². The Morgan fingerprint density at radius 3 is 2.76 bits per heavy atom. The van der Waals surface area contributed by atoms with E-state index in [1.807, 2.05) is 0 Å². The van der Waals surface area contributed by atoms with Gasteiger partial charge in [-0.05, 0) is 55.6 Å². The molecule has 1 aromatic carbocycles. The van der Waals surface area contributed by atoms with Crippen LogP contribution in [-0.2, 0) is 6.42 Å². The maximum Gasteiger partial charge on any atom is 0.123 e. The highest BCUT2D eigenvalue weighted by molar-refractivity contribution is 6.31. The van der Waals surface area contributed by atoms with Crippen molar-refractivity contribution in [2.75, 3.05) is 13.1 Å². The van der Waals surface area contributed by atoms with E-state index in [4.69, 9.17) is 11.6 Å². The van der Waals surface area contributed by atoms with Crippen LogP contribution < -0.4 is 5.32 Å². The molecule has 0 bridgehead atoms. The quantitative estimate of drug-likeness (QED) is 0.727.